The van der Waals surface area contributed by atoms with Gasteiger partial charge in [-0.3, -0.25) is 33.3 Å². The highest BCUT2D eigenvalue weighted by molar-refractivity contribution is 7.46. The Morgan fingerprint density at radius 3 is 1.10 bits per heavy atom. The van der Waals surface area contributed by atoms with Gasteiger partial charge in [-0.1, -0.05) is 324 Å². The summed E-state index contributed by atoms with van der Waals surface area (Å²) in [4.78, 5) is 108. The number of phosphoric acid groups is 1. The van der Waals surface area contributed by atoms with Crippen LogP contribution in [-0.4, -0.2) is 130 Å². The minimum Gasteiger partial charge on any atom is -0.462 e. The normalized spacial score (nSPS) is 18.4. The number of nitrogens with one attached hydrogen (secondary N) is 1. The number of hydrogen-bond acceptors (Lipinski definition) is 15. The number of phosphoric ester groups is 1. The van der Waals surface area contributed by atoms with Crippen molar-refractivity contribution < 1.29 is 81.2 Å². The zero-order valence-electron chi connectivity index (χ0n) is 67.9. The molecule has 0 radical (unpaired) electrons. The molecule has 0 aliphatic carbocycles. The van der Waals surface area contributed by atoms with Crippen LogP contribution in [0.4, 0.5) is 0 Å². The number of carbonyl (C=O) groups is 6. The molecule has 19 nitrogen and oxygen atoms in total. The fraction of sp³-hybridized carbons (Fsp3) is 0.929. The molecule has 2 saturated heterocycles. The third-order valence-electron chi connectivity index (χ3n) is 21.3. The Hall–Kier alpha value is -3.19. The average molecular weight is 1510 g/mol. The van der Waals surface area contributed by atoms with Crippen LogP contribution >= 0.6 is 7.82 Å². The number of aliphatic hydroxyl groups is 1. The van der Waals surface area contributed by atoms with Crippen molar-refractivity contribution >= 4 is 43.5 Å². The molecule has 4 N–H and O–H groups in total. The molecule has 2 fully saturated rings. The molecule has 9 atom stereocenters. The fourth-order valence-corrected chi connectivity index (χ4v) is 15.5. The first-order chi connectivity index (χ1) is 51.0. The lowest BCUT2D eigenvalue weighted by molar-refractivity contribution is -0.273. The predicted molar refractivity (Wildman–Crippen MR) is 421 cm³/mol. The number of esters is 4. The standard InChI is InChI=1S/C85H159N2O17P/c1-7-13-19-25-31-35-41-45-51-59-72(99-78(91)62-54-48-39-29-23-17-11-5)66-76(89)86-82-84(103-81(94)68-74(61-53-47-43-37-33-27-21-15-9-3)101-80(93)64-56-50-44-38-34-28-22-16-10-4)83(104-105(95,96)97)75(69-88)102-85(82)98-70-71-58-57-65-87(71)77(90)67-73(60-52-46-42-36-32-26-20-14-8-2)100-79(92)63-55-49-40-30-24-18-12-6/h71-75,82-85,88H,7-70H2,1-6H3,(H,86,89)(H2,95,96,97)/t71-,72+,73+,74+,75+,82+,83+,84+,85+/m0/s1. The molecular formula is C85H159N2O17P. The van der Waals surface area contributed by atoms with E-state index in [2.05, 4.69) is 46.9 Å². The molecule has 20 heteroatoms. The van der Waals surface area contributed by atoms with E-state index in [1.807, 2.05) is 0 Å². The predicted octanol–water partition coefficient (Wildman–Crippen LogP) is 21.5. The molecule has 0 aromatic heterocycles. The largest absolute Gasteiger partial charge is 0.470 e. The smallest absolute Gasteiger partial charge is 0.462 e. The van der Waals surface area contributed by atoms with Crippen molar-refractivity contribution in [1.82, 2.24) is 10.2 Å². The maximum Gasteiger partial charge on any atom is 0.470 e. The average Bonchev–Trinajstić information content (AvgIpc) is 1.05. The molecule has 0 saturated carbocycles. The molecule has 2 heterocycles. The zero-order chi connectivity index (χ0) is 76.6. The van der Waals surface area contributed by atoms with Crippen molar-refractivity contribution in [2.24, 2.45) is 0 Å². The van der Waals surface area contributed by atoms with Crippen molar-refractivity contribution in [1.29, 1.82) is 0 Å². The van der Waals surface area contributed by atoms with E-state index >= 15 is 0 Å². The lowest BCUT2D eigenvalue weighted by Crippen LogP contribution is -2.66. The Bertz CT molecular complexity index is 2190. The second-order valence-corrected chi connectivity index (χ2v) is 32.4. The first-order valence-electron chi connectivity index (χ1n) is 44.0. The van der Waals surface area contributed by atoms with Gasteiger partial charge >= 0.3 is 31.7 Å². The number of carbonyl (C=O) groups excluding carboxylic acids is 6. The van der Waals surface area contributed by atoms with Crippen LogP contribution in [0.5, 0.6) is 0 Å². The minimum absolute atomic E-state index is 0.0145. The van der Waals surface area contributed by atoms with Crippen LogP contribution in [0.2, 0.25) is 0 Å². The number of likely N-dealkylation sites (tertiary alicyclic amines) is 1. The summed E-state index contributed by atoms with van der Waals surface area (Å²) in [6.07, 6.45) is 46.3. The second-order valence-electron chi connectivity index (χ2n) is 31.2. The van der Waals surface area contributed by atoms with Crippen LogP contribution in [0.3, 0.4) is 0 Å². The number of hydrogen-bond donors (Lipinski definition) is 4. The first kappa shape index (κ1) is 97.9. The van der Waals surface area contributed by atoms with Crippen LogP contribution in [0, 0.1) is 0 Å². The highest BCUT2D eigenvalue weighted by Crippen LogP contribution is 2.43. The summed E-state index contributed by atoms with van der Waals surface area (Å²) < 4.78 is 56.3. The van der Waals surface area contributed by atoms with E-state index in [4.69, 9.17) is 32.9 Å². The highest BCUT2D eigenvalue weighted by atomic mass is 31.2. The van der Waals surface area contributed by atoms with Gasteiger partial charge in [-0.2, -0.15) is 0 Å². The number of nitrogens with zero attached hydrogens (tertiary/aromatic N) is 1. The molecule has 2 aliphatic rings. The molecule has 0 unspecified atom stereocenters. The van der Waals surface area contributed by atoms with E-state index in [0.717, 1.165) is 161 Å². The van der Waals surface area contributed by atoms with Crippen molar-refractivity contribution in [2.75, 3.05) is 19.8 Å². The molecule has 2 amide bonds. The summed E-state index contributed by atoms with van der Waals surface area (Å²) in [5, 5.41) is 14.0. The first-order valence-corrected chi connectivity index (χ1v) is 45.5. The summed E-state index contributed by atoms with van der Waals surface area (Å²) in [7, 11) is -5.48. The SMILES string of the molecule is CCCCCCCCCCCC(=O)O[C@H](CCCCCCCCCCC)CC(=O)O[C@@H]1[C@@H](NC(=O)C[C@@H](CCCCCCCCCCC)OC(=O)CCCCCCCCC)[C@H](OC[C@@H]2CCCN2C(=O)C[C@@H](CCCCCCCCCCC)OC(=O)CCCCCCCCC)O[C@H](CO)[C@H]1OP(=O)(O)O. The lowest BCUT2D eigenvalue weighted by Gasteiger charge is -2.45. The van der Waals surface area contributed by atoms with Crippen LogP contribution < -0.4 is 5.32 Å². The van der Waals surface area contributed by atoms with Crippen molar-refractivity contribution in [2.45, 2.75) is 488 Å². The third-order valence-corrected chi connectivity index (χ3v) is 21.8. The molecule has 0 bridgehead atoms. The number of unbranched alkanes of at least 4 members (excludes halogenated alkanes) is 44. The molecule has 2 rings (SSSR count). The molecule has 0 aromatic rings. The van der Waals surface area contributed by atoms with Crippen LogP contribution in [0.25, 0.3) is 0 Å². The van der Waals surface area contributed by atoms with Crippen molar-refractivity contribution in [3.8, 4) is 0 Å². The van der Waals surface area contributed by atoms with E-state index in [0.29, 0.717) is 64.3 Å². The van der Waals surface area contributed by atoms with E-state index in [-0.39, 0.29) is 50.6 Å². The number of rotatable bonds is 73. The monoisotopic (exact) mass is 1510 g/mol. The summed E-state index contributed by atoms with van der Waals surface area (Å²) in [5.74, 6) is -2.93. The van der Waals surface area contributed by atoms with Gasteiger partial charge in [0.1, 0.15) is 36.6 Å². The molecular weight excluding hydrogens is 1350 g/mol. The molecule has 2 aliphatic heterocycles. The van der Waals surface area contributed by atoms with Crippen LogP contribution in [0.1, 0.15) is 433 Å². The van der Waals surface area contributed by atoms with E-state index in [1.54, 1.807) is 4.90 Å². The third kappa shape index (κ3) is 52.6. The Morgan fingerprint density at radius 1 is 0.429 bits per heavy atom. The molecule has 105 heavy (non-hydrogen) atoms. The van der Waals surface area contributed by atoms with E-state index in [1.165, 1.54) is 135 Å². The van der Waals surface area contributed by atoms with Gasteiger partial charge in [0.2, 0.25) is 11.8 Å². The Labute approximate surface area is 639 Å². The number of ether oxygens (including phenoxy) is 6. The van der Waals surface area contributed by atoms with E-state index < -0.39 is 99.7 Å². The van der Waals surface area contributed by atoms with Gasteiger partial charge in [0, 0.05) is 25.8 Å². The van der Waals surface area contributed by atoms with Crippen LogP contribution in [-0.2, 0) is 66.3 Å². The summed E-state index contributed by atoms with van der Waals surface area (Å²) >= 11 is 0. The van der Waals surface area contributed by atoms with Gasteiger partial charge in [-0.05, 0) is 70.6 Å². The Kier molecular flexibility index (Phi) is 62.1. The lowest BCUT2D eigenvalue weighted by atomic mass is 9.95. The maximum absolute atomic E-state index is 15.0. The molecule has 616 valence electrons. The van der Waals surface area contributed by atoms with Gasteiger partial charge < -0.3 is 53.5 Å². The van der Waals surface area contributed by atoms with Crippen molar-refractivity contribution in [3.05, 3.63) is 0 Å². The second kappa shape index (κ2) is 66.6. The van der Waals surface area contributed by atoms with Gasteiger partial charge in [0.05, 0.1) is 38.5 Å². The van der Waals surface area contributed by atoms with Crippen LogP contribution in [0.15, 0.2) is 0 Å². The minimum atomic E-state index is -5.48. The summed E-state index contributed by atoms with van der Waals surface area (Å²) in [6.45, 7) is 12.5. The van der Waals surface area contributed by atoms with Crippen molar-refractivity contribution in [3.63, 3.8) is 0 Å². The Balaban J connectivity index is 2.62. The van der Waals surface area contributed by atoms with Gasteiger partial charge in [-0.15, -0.1) is 0 Å². The highest BCUT2D eigenvalue weighted by Gasteiger charge is 2.53. The topological polar surface area (TPSA) is 260 Å². The summed E-state index contributed by atoms with van der Waals surface area (Å²) in [6, 6.07) is -2.10. The summed E-state index contributed by atoms with van der Waals surface area (Å²) in [5.41, 5.74) is 0. The fourth-order valence-electron chi connectivity index (χ4n) is 14.9. The van der Waals surface area contributed by atoms with E-state index in [9.17, 15) is 48.2 Å². The Morgan fingerprint density at radius 2 is 0.752 bits per heavy atom. The number of amides is 2. The quantitative estimate of drug-likeness (QED) is 0.0191. The zero-order valence-corrected chi connectivity index (χ0v) is 68.8. The molecule has 0 spiro atoms. The van der Waals surface area contributed by atoms with Gasteiger partial charge in [0.25, 0.3) is 0 Å². The molecule has 0 aromatic carbocycles. The maximum atomic E-state index is 15.0. The van der Waals surface area contributed by atoms with Gasteiger partial charge in [0.15, 0.2) is 12.4 Å². The number of aliphatic hydroxyl groups excluding tert-OH is 1. The van der Waals surface area contributed by atoms with Gasteiger partial charge in [-0.25, -0.2) is 4.57 Å².